The van der Waals surface area contributed by atoms with Gasteiger partial charge in [-0.05, 0) is 52.3 Å². The van der Waals surface area contributed by atoms with Crippen LogP contribution in [0.1, 0.15) is 42.1 Å². The molecule has 0 radical (unpaired) electrons. The van der Waals surface area contributed by atoms with Gasteiger partial charge in [-0.15, -0.1) is 0 Å². The second-order valence-electron chi connectivity index (χ2n) is 6.66. The lowest BCUT2D eigenvalue weighted by molar-refractivity contribution is -0.117. The van der Waals surface area contributed by atoms with Gasteiger partial charge in [-0.3, -0.25) is 10.1 Å². The van der Waals surface area contributed by atoms with Crippen LogP contribution in [0.4, 0.5) is 5.69 Å². The lowest BCUT2D eigenvalue weighted by Crippen LogP contribution is -2.39. The predicted octanol–water partition coefficient (Wildman–Crippen LogP) is 4.30. The SMILES string of the molecule is COc1ccc(C)cc1C(C)NC(C)C(=O)Nc1ccc(C)cc1C. The molecule has 0 aliphatic heterocycles. The van der Waals surface area contributed by atoms with Crippen molar-refractivity contribution in [2.45, 2.75) is 46.7 Å². The highest BCUT2D eigenvalue weighted by atomic mass is 16.5. The molecule has 4 nitrogen and oxygen atoms in total. The third-order valence-corrected chi connectivity index (χ3v) is 4.38. The number of aryl methyl sites for hydroxylation is 3. The Balaban J connectivity index is 2.06. The lowest BCUT2D eigenvalue weighted by Gasteiger charge is -2.22. The summed E-state index contributed by atoms with van der Waals surface area (Å²) in [6.07, 6.45) is 0. The number of ether oxygens (including phenoxy) is 1. The van der Waals surface area contributed by atoms with Crippen molar-refractivity contribution in [1.29, 1.82) is 0 Å². The van der Waals surface area contributed by atoms with Gasteiger partial charge in [0.25, 0.3) is 0 Å². The van der Waals surface area contributed by atoms with Crippen molar-refractivity contribution in [2.75, 3.05) is 12.4 Å². The zero-order chi connectivity index (χ0) is 18.6. The summed E-state index contributed by atoms with van der Waals surface area (Å²) >= 11 is 0. The number of rotatable bonds is 6. The van der Waals surface area contributed by atoms with Crippen LogP contribution in [0.5, 0.6) is 5.75 Å². The number of carbonyl (C=O) groups excluding carboxylic acids is 1. The van der Waals surface area contributed by atoms with Gasteiger partial charge in [-0.1, -0.05) is 35.4 Å². The molecule has 0 aliphatic rings. The van der Waals surface area contributed by atoms with E-state index in [9.17, 15) is 4.79 Å². The molecule has 2 N–H and O–H groups in total. The van der Waals surface area contributed by atoms with E-state index in [0.717, 1.165) is 28.1 Å². The Morgan fingerprint density at radius 3 is 2.28 bits per heavy atom. The molecular formula is C21H28N2O2. The van der Waals surface area contributed by atoms with Crippen LogP contribution in [0, 0.1) is 20.8 Å². The number of hydrogen-bond acceptors (Lipinski definition) is 3. The summed E-state index contributed by atoms with van der Waals surface area (Å²) in [4.78, 5) is 12.5. The molecule has 0 saturated carbocycles. The van der Waals surface area contributed by atoms with Crippen molar-refractivity contribution in [3.63, 3.8) is 0 Å². The van der Waals surface area contributed by atoms with Gasteiger partial charge in [0.1, 0.15) is 5.75 Å². The molecule has 2 aromatic carbocycles. The zero-order valence-electron chi connectivity index (χ0n) is 15.9. The third-order valence-electron chi connectivity index (χ3n) is 4.38. The molecule has 0 bridgehead atoms. The maximum Gasteiger partial charge on any atom is 0.241 e. The maximum absolute atomic E-state index is 12.5. The fraction of sp³-hybridized carbons (Fsp3) is 0.381. The van der Waals surface area contributed by atoms with Crippen molar-refractivity contribution in [1.82, 2.24) is 5.32 Å². The molecule has 2 aromatic rings. The van der Waals surface area contributed by atoms with E-state index in [1.54, 1.807) is 7.11 Å². The van der Waals surface area contributed by atoms with Crippen molar-refractivity contribution in [3.05, 3.63) is 58.7 Å². The smallest absolute Gasteiger partial charge is 0.241 e. The minimum Gasteiger partial charge on any atom is -0.496 e. The van der Waals surface area contributed by atoms with Gasteiger partial charge >= 0.3 is 0 Å². The van der Waals surface area contributed by atoms with E-state index >= 15 is 0 Å². The van der Waals surface area contributed by atoms with E-state index in [2.05, 4.69) is 22.8 Å². The summed E-state index contributed by atoms with van der Waals surface area (Å²) in [5.41, 5.74) is 5.31. The summed E-state index contributed by atoms with van der Waals surface area (Å²) in [7, 11) is 1.66. The Morgan fingerprint density at radius 1 is 1.00 bits per heavy atom. The Morgan fingerprint density at radius 2 is 1.64 bits per heavy atom. The molecule has 0 spiro atoms. The monoisotopic (exact) mass is 340 g/mol. The van der Waals surface area contributed by atoms with Crippen LogP contribution in [0.15, 0.2) is 36.4 Å². The minimum atomic E-state index is -0.332. The highest BCUT2D eigenvalue weighted by molar-refractivity contribution is 5.95. The number of methoxy groups -OCH3 is 1. The first-order valence-electron chi connectivity index (χ1n) is 8.60. The number of amides is 1. The first kappa shape index (κ1) is 19.0. The van der Waals surface area contributed by atoms with Crippen molar-refractivity contribution < 1.29 is 9.53 Å². The van der Waals surface area contributed by atoms with E-state index in [1.807, 2.05) is 58.9 Å². The zero-order valence-corrected chi connectivity index (χ0v) is 15.9. The van der Waals surface area contributed by atoms with Crippen LogP contribution in [-0.4, -0.2) is 19.1 Å². The number of hydrogen-bond donors (Lipinski definition) is 2. The summed E-state index contributed by atoms with van der Waals surface area (Å²) < 4.78 is 5.45. The molecule has 0 aliphatic carbocycles. The van der Waals surface area contributed by atoms with Gasteiger partial charge in [-0.25, -0.2) is 0 Å². The average Bonchev–Trinajstić information content (AvgIpc) is 2.57. The van der Waals surface area contributed by atoms with Crippen LogP contribution in [0.3, 0.4) is 0 Å². The largest absolute Gasteiger partial charge is 0.496 e. The molecule has 0 heterocycles. The maximum atomic E-state index is 12.5. The van der Waals surface area contributed by atoms with E-state index < -0.39 is 0 Å². The van der Waals surface area contributed by atoms with Crippen molar-refractivity contribution >= 4 is 11.6 Å². The molecule has 2 unspecified atom stereocenters. The van der Waals surface area contributed by atoms with Gasteiger partial charge < -0.3 is 10.1 Å². The van der Waals surface area contributed by atoms with Crippen LogP contribution < -0.4 is 15.4 Å². The average molecular weight is 340 g/mol. The fourth-order valence-corrected chi connectivity index (χ4v) is 2.93. The molecule has 4 heteroatoms. The van der Waals surface area contributed by atoms with Crippen LogP contribution >= 0.6 is 0 Å². The molecule has 2 rings (SSSR count). The third kappa shape index (κ3) is 4.83. The summed E-state index contributed by atoms with van der Waals surface area (Å²) in [6.45, 7) is 10.0. The summed E-state index contributed by atoms with van der Waals surface area (Å²) in [5, 5.41) is 6.36. The van der Waals surface area contributed by atoms with E-state index in [4.69, 9.17) is 4.74 Å². The van der Waals surface area contributed by atoms with E-state index in [1.165, 1.54) is 5.56 Å². The van der Waals surface area contributed by atoms with Gasteiger partial charge in [0.15, 0.2) is 0 Å². The fourth-order valence-electron chi connectivity index (χ4n) is 2.93. The highest BCUT2D eigenvalue weighted by Gasteiger charge is 2.19. The topological polar surface area (TPSA) is 50.4 Å². The van der Waals surface area contributed by atoms with E-state index in [0.29, 0.717) is 0 Å². The van der Waals surface area contributed by atoms with Crippen LogP contribution in [-0.2, 0) is 4.79 Å². The molecule has 0 fully saturated rings. The second kappa shape index (κ2) is 8.17. The van der Waals surface area contributed by atoms with Gasteiger partial charge in [0, 0.05) is 17.3 Å². The number of carbonyl (C=O) groups is 1. The number of anilines is 1. The summed E-state index contributed by atoms with van der Waals surface area (Å²) in [6, 6.07) is 11.7. The number of benzene rings is 2. The Bertz CT molecular complexity index is 756. The van der Waals surface area contributed by atoms with Gasteiger partial charge in [-0.2, -0.15) is 0 Å². The summed E-state index contributed by atoms with van der Waals surface area (Å²) in [5.74, 6) is 0.776. The van der Waals surface area contributed by atoms with Gasteiger partial charge in [0.2, 0.25) is 5.91 Å². The lowest BCUT2D eigenvalue weighted by atomic mass is 10.0. The molecule has 0 saturated heterocycles. The second-order valence-corrected chi connectivity index (χ2v) is 6.66. The standard InChI is InChI=1S/C21H28N2O2/c1-13-7-9-19(15(3)11-13)23-21(24)17(5)22-16(4)18-12-14(2)8-10-20(18)25-6/h7-12,16-17,22H,1-6H3,(H,23,24). The van der Waals surface area contributed by atoms with Crippen LogP contribution in [0.25, 0.3) is 0 Å². The Hall–Kier alpha value is -2.33. The predicted molar refractivity (Wildman–Crippen MR) is 103 cm³/mol. The van der Waals surface area contributed by atoms with Crippen LogP contribution in [0.2, 0.25) is 0 Å². The normalized spacial score (nSPS) is 13.2. The quantitative estimate of drug-likeness (QED) is 0.824. The molecule has 25 heavy (non-hydrogen) atoms. The van der Waals surface area contributed by atoms with Crippen molar-refractivity contribution in [2.24, 2.45) is 0 Å². The van der Waals surface area contributed by atoms with E-state index in [-0.39, 0.29) is 18.0 Å². The van der Waals surface area contributed by atoms with Gasteiger partial charge in [0.05, 0.1) is 13.2 Å². The first-order chi connectivity index (χ1) is 11.8. The molecule has 1 amide bonds. The molecular weight excluding hydrogens is 312 g/mol. The van der Waals surface area contributed by atoms with Crippen molar-refractivity contribution in [3.8, 4) is 5.75 Å². The molecule has 134 valence electrons. The Labute approximate surface area is 150 Å². The molecule has 0 aromatic heterocycles. The Kier molecular flexibility index (Phi) is 6.21. The number of nitrogens with one attached hydrogen (secondary N) is 2. The minimum absolute atomic E-state index is 0.00489. The highest BCUT2D eigenvalue weighted by Crippen LogP contribution is 2.26. The first-order valence-corrected chi connectivity index (χ1v) is 8.60. The molecule has 2 atom stereocenters.